The second-order valence-electron chi connectivity index (χ2n) is 6.94. The number of hydrogen-bond acceptors (Lipinski definition) is 7. The molecular formula is C18H18N7OS+. The van der Waals surface area contributed by atoms with Gasteiger partial charge in [-0.15, -0.1) is 0 Å². The zero-order valence-electron chi connectivity index (χ0n) is 14.7. The van der Waals surface area contributed by atoms with E-state index in [1.165, 1.54) is 11.8 Å². The third-order valence-electron chi connectivity index (χ3n) is 5.13. The molecular weight excluding hydrogens is 362 g/mol. The summed E-state index contributed by atoms with van der Waals surface area (Å²) in [6, 6.07) is 6.05. The molecule has 1 amide bonds. The van der Waals surface area contributed by atoms with E-state index in [0.717, 1.165) is 35.2 Å². The van der Waals surface area contributed by atoms with Gasteiger partial charge >= 0.3 is 5.91 Å². The first-order valence-electron chi connectivity index (χ1n) is 8.75. The fourth-order valence-electron chi connectivity index (χ4n) is 3.55. The summed E-state index contributed by atoms with van der Waals surface area (Å²) in [6.07, 6.45) is 5.42. The van der Waals surface area contributed by atoms with Gasteiger partial charge in [-0.3, -0.25) is 0 Å². The molecule has 136 valence electrons. The van der Waals surface area contributed by atoms with Crippen molar-refractivity contribution in [2.75, 3.05) is 11.6 Å². The average molecular weight is 380 g/mol. The van der Waals surface area contributed by atoms with Gasteiger partial charge in [-0.05, 0) is 30.3 Å². The van der Waals surface area contributed by atoms with Crippen molar-refractivity contribution in [1.29, 1.82) is 0 Å². The maximum Gasteiger partial charge on any atom is 0.355 e. The summed E-state index contributed by atoms with van der Waals surface area (Å²) < 4.78 is 0.210. The Balaban J connectivity index is 1.53. The number of nitrogens with one attached hydrogen (secondary N) is 1. The van der Waals surface area contributed by atoms with Crippen molar-refractivity contribution in [2.45, 2.75) is 30.8 Å². The molecule has 5 rings (SSSR count). The number of benzene rings is 1. The summed E-state index contributed by atoms with van der Waals surface area (Å²) in [5.74, 6) is 0.789. The lowest BCUT2D eigenvalue weighted by molar-refractivity contribution is -0.748. The molecule has 0 spiro atoms. The summed E-state index contributed by atoms with van der Waals surface area (Å²) in [4.78, 5) is 33.9. The Kier molecular flexibility index (Phi) is 3.56. The number of aliphatic imine (C=N–C) groups is 1. The number of anilines is 1. The van der Waals surface area contributed by atoms with Gasteiger partial charge in [0.05, 0.1) is 12.0 Å². The van der Waals surface area contributed by atoms with E-state index in [4.69, 9.17) is 5.73 Å². The Morgan fingerprint density at radius 3 is 3.00 bits per heavy atom. The summed E-state index contributed by atoms with van der Waals surface area (Å²) in [7, 11) is 0. The van der Waals surface area contributed by atoms with E-state index in [1.807, 2.05) is 31.5 Å². The number of aryl methyl sites for hydroxylation is 1. The Morgan fingerprint density at radius 2 is 2.19 bits per heavy atom. The lowest BCUT2D eigenvalue weighted by Crippen LogP contribution is -2.54. The van der Waals surface area contributed by atoms with Crippen molar-refractivity contribution < 1.29 is 9.28 Å². The van der Waals surface area contributed by atoms with Crippen LogP contribution in [0.3, 0.4) is 0 Å². The minimum atomic E-state index is 0.107. The number of H-pyrrole nitrogens is 1. The van der Waals surface area contributed by atoms with E-state index in [0.29, 0.717) is 16.5 Å². The summed E-state index contributed by atoms with van der Waals surface area (Å²) in [5, 5.41) is 0.699. The number of fused-ring (bicyclic) bond motifs is 2. The van der Waals surface area contributed by atoms with E-state index < -0.39 is 0 Å². The molecule has 0 saturated heterocycles. The number of hydrogen-bond donors (Lipinski definition) is 2. The van der Waals surface area contributed by atoms with E-state index in [1.54, 1.807) is 6.33 Å². The SMILES string of the molecule is Cc1cccc2c1C(=O)[N+](CSc1nc(N)nc3nc[nH]c13)(C1CC1)C=N2. The first-order valence-corrected chi connectivity index (χ1v) is 9.73. The van der Waals surface area contributed by atoms with Crippen molar-refractivity contribution in [3.63, 3.8) is 0 Å². The third kappa shape index (κ3) is 2.54. The molecule has 1 fully saturated rings. The number of aromatic nitrogens is 4. The molecule has 0 bridgehead atoms. The van der Waals surface area contributed by atoms with Crippen LogP contribution in [0, 0.1) is 6.92 Å². The maximum atomic E-state index is 13.5. The summed E-state index contributed by atoms with van der Waals surface area (Å²) >= 11 is 1.48. The number of amides is 1. The van der Waals surface area contributed by atoms with Crippen LogP contribution < -0.4 is 5.73 Å². The standard InChI is InChI=1S/C18H18N7OS/c1-10-3-2-4-12-13(10)17(26)25(8-22-12,11-5-6-11)9-27-16-14-15(21-7-20-14)23-18(19)24-16/h2-4,7-8,11H,5-6,9H2,1H3,(H3,19,20,21,23,24)/q+1. The number of imidazole rings is 1. The number of quaternary nitrogens is 1. The van der Waals surface area contributed by atoms with E-state index >= 15 is 0 Å². The van der Waals surface area contributed by atoms with Gasteiger partial charge in [0.1, 0.15) is 28.0 Å². The van der Waals surface area contributed by atoms with Gasteiger partial charge < -0.3 is 10.7 Å². The van der Waals surface area contributed by atoms with E-state index in [-0.39, 0.29) is 22.4 Å². The lowest BCUT2D eigenvalue weighted by atomic mass is 10.0. The fourth-order valence-corrected chi connectivity index (χ4v) is 4.73. The molecule has 3 N–H and O–H groups in total. The van der Waals surface area contributed by atoms with Gasteiger partial charge in [-0.2, -0.15) is 4.98 Å². The number of nitrogen functional groups attached to an aromatic ring is 1. The van der Waals surface area contributed by atoms with Gasteiger partial charge in [0.2, 0.25) is 5.95 Å². The highest BCUT2D eigenvalue weighted by Crippen LogP contribution is 2.42. The Labute approximate surface area is 159 Å². The summed E-state index contributed by atoms with van der Waals surface area (Å²) in [5.41, 5.74) is 9.53. The van der Waals surface area contributed by atoms with Crippen molar-refractivity contribution in [3.8, 4) is 0 Å². The number of carbonyl (C=O) groups excluding carboxylic acids is 1. The number of thioether (sulfide) groups is 1. The highest BCUT2D eigenvalue weighted by atomic mass is 32.2. The second kappa shape index (κ2) is 5.86. The minimum Gasteiger partial charge on any atom is -0.368 e. The first-order chi connectivity index (χ1) is 13.1. The topological polar surface area (TPSA) is 110 Å². The number of rotatable bonds is 4. The number of carbonyl (C=O) groups is 1. The van der Waals surface area contributed by atoms with Crippen LogP contribution in [-0.4, -0.2) is 48.6 Å². The largest absolute Gasteiger partial charge is 0.368 e. The van der Waals surface area contributed by atoms with Crippen molar-refractivity contribution in [2.24, 2.45) is 4.99 Å². The normalized spacial score (nSPS) is 21.6. The summed E-state index contributed by atoms with van der Waals surface area (Å²) in [6.45, 7) is 1.96. The molecule has 27 heavy (non-hydrogen) atoms. The minimum absolute atomic E-state index is 0.107. The zero-order chi connectivity index (χ0) is 18.6. The first kappa shape index (κ1) is 16.4. The monoisotopic (exact) mass is 380 g/mol. The second-order valence-corrected chi connectivity index (χ2v) is 7.88. The molecule has 0 radical (unpaired) electrons. The Bertz CT molecular complexity index is 1100. The van der Waals surface area contributed by atoms with Crippen LogP contribution in [0.2, 0.25) is 0 Å². The predicted molar refractivity (Wildman–Crippen MR) is 104 cm³/mol. The highest BCUT2D eigenvalue weighted by molar-refractivity contribution is 7.99. The Morgan fingerprint density at radius 1 is 1.33 bits per heavy atom. The van der Waals surface area contributed by atoms with E-state index in [9.17, 15) is 4.79 Å². The molecule has 2 aliphatic rings. The third-order valence-corrected chi connectivity index (χ3v) is 6.25. The average Bonchev–Trinajstić information content (AvgIpc) is 3.40. The molecule has 1 atom stereocenters. The van der Waals surface area contributed by atoms with Crippen LogP contribution >= 0.6 is 11.8 Å². The molecule has 9 heteroatoms. The van der Waals surface area contributed by atoms with Gasteiger partial charge in [0.25, 0.3) is 0 Å². The molecule has 1 aromatic carbocycles. The van der Waals surface area contributed by atoms with Gasteiger partial charge in [0, 0.05) is 12.8 Å². The lowest BCUT2D eigenvalue weighted by Gasteiger charge is -2.33. The highest BCUT2D eigenvalue weighted by Gasteiger charge is 2.52. The van der Waals surface area contributed by atoms with Crippen LogP contribution in [-0.2, 0) is 0 Å². The molecule has 3 aromatic rings. The van der Waals surface area contributed by atoms with Gasteiger partial charge in [-0.1, -0.05) is 12.1 Å². The van der Waals surface area contributed by atoms with Crippen LogP contribution in [0.15, 0.2) is 34.5 Å². The number of nitrogens with two attached hydrogens (primary N) is 1. The molecule has 1 aliphatic carbocycles. The fraction of sp³-hybridized carbons (Fsp3) is 0.278. The van der Waals surface area contributed by atoms with Gasteiger partial charge in [-0.25, -0.2) is 24.2 Å². The predicted octanol–water partition coefficient (Wildman–Crippen LogP) is 2.79. The van der Waals surface area contributed by atoms with Crippen LogP contribution in [0.1, 0.15) is 28.8 Å². The van der Waals surface area contributed by atoms with Crippen molar-refractivity contribution >= 4 is 46.8 Å². The zero-order valence-corrected chi connectivity index (χ0v) is 15.5. The van der Waals surface area contributed by atoms with Crippen molar-refractivity contribution in [3.05, 3.63) is 35.7 Å². The quantitative estimate of drug-likeness (QED) is 0.409. The number of nitrogens with zero attached hydrogens (tertiary/aromatic N) is 5. The van der Waals surface area contributed by atoms with Gasteiger partial charge in [0.15, 0.2) is 12.0 Å². The molecule has 8 nitrogen and oxygen atoms in total. The molecule has 2 aromatic heterocycles. The van der Waals surface area contributed by atoms with E-state index in [2.05, 4.69) is 24.9 Å². The smallest absolute Gasteiger partial charge is 0.355 e. The molecule has 1 unspecified atom stereocenters. The number of aromatic amines is 1. The van der Waals surface area contributed by atoms with Crippen LogP contribution in [0.5, 0.6) is 0 Å². The molecule has 1 aliphatic heterocycles. The Hall–Kier alpha value is -2.78. The van der Waals surface area contributed by atoms with Crippen LogP contribution in [0.25, 0.3) is 11.2 Å². The van der Waals surface area contributed by atoms with Crippen molar-refractivity contribution in [1.82, 2.24) is 19.9 Å². The maximum absolute atomic E-state index is 13.5. The molecule has 1 saturated carbocycles. The van der Waals surface area contributed by atoms with Crippen LogP contribution in [0.4, 0.5) is 11.6 Å². The molecule has 3 heterocycles.